The van der Waals surface area contributed by atoms with E-state index in [4.69, 9.17) is 10.5 Å². The van der Waals surface area contributed by atoms with Crippen LogP contribution in [0.3, 0.4) is 0 Å². The van der Waals surface area contributed by atoms with Crippen LogP contribution in [-0.2, 0) is 4.79 Å². The lowest BCUT2D eigenvalue weighted by Crippen LogP contribution is -2.47. The van der Waals surface area contributed by atoms with E-state index in [1.165, 1.54) is 24.5 Å². The molecule has 2 N–H and O–H groups in total. The Morgan fingerprint density at radius 2 is 1.94 bits per heavy atom. The molecular weight excluding hydrogens is 435 g/mol. The van der Waals surface area contributed by atoms with Crippen LogP contribution in [0, 0.1) is 11.6 Å². The Hall–Kier alpha value is -3.34. The van der Waals surface area contributed by atoms with Crippen LogP contribution in [0.4, 0.5) is 22.0 Å². The fourth-order valence-electron chi connectivity index (χ4n) is 3.84. The zero-order chi connectivity index (χ0) is 23.0. The van der Waals surface area contributed by atoms with Crippen molar-refractivity contribution >= 4 is 16.8 Å². The van der Waals surface area contributed by atoms with Gasteiger partial charge in [0.1, 0.15) is 17.6 Å². The molecule has 2 aromatic heterocycles. The third-order valence-electron chi connectivity index (χ3n) is 5.23. The van der Waals surface area contributed by atoms with Crippen LogP contribution >= 0.6 is 0 Å². The van der Waals surface area contributed by atoms with E-state index in [-0.39, 0.29) is 35.7 Å². The smallest absolute Gasteiger partial charge is 0.409 e. The van der Waals surface area contributed by atoms with Crippen LogP contribution in [0.1, 0.15) is 24.6 Å². The number of likely N-dealkylation sites (tertiary alicyclic amines) is 1. The van der Waals surface area contributed by atoms with E-state index in [9.17, 15) is 26.7 Å². The van der Waals surface area contributed by atoms with Gasteiger partial charge in [-0.15, -0.1) is 0 Å². The Bertz CT molecular complexity index is 1170. The molecule has 3 heterocycles. The van der Waals surface area contributed by atoms with Gasteiger partial charge in [0.2, 0.25) is 5.91 Å². The quantitative estimate of drug-likeness (QED) is 0.586. The van der Waals surface area contributed by atoms with Gasteiger partial charge in [-0.25, -0.2) is 8.78 Å². The first-order valence-corrected chi connectivity index (χ1v) is 9.64. The Kier molecular flexibility index (Phi) is 5.68. The molecule has 1 aliphatic rings. The van der Waals surface area contributed by atoms with Gasteiger partial charge in [-0.1, -0.05) is 0 Å². The van der Waals surface area contributed by atoms with Crippen LogP contribution in [0.25, 0.3) is 10.9 Å². The topological polar surface area (TPSA) is 81.3 Å². The fraction of sp³-hybridized carbons (Fsp3) is 0.286. The number of amides is 1. The van der Waals surface area contributed by atoms with Gasteiger partial charge in [-0.3, -0.25) is 19.7 Å². The van der Waals surface area contributed by atoms with Crippen molar-refractivity contribution in [3.05, 3.63) is 60.1 Å². The highest BCUT2D eigenvalue weighted by Gasteiger charge is 2.50. The minimum Gasteiger partial charge on any atom is -0.453 e. The summed E-state index contributed by atoms with van der Waals surface area (Å²) in [7, 11) is 0. The normalized spacial score (nSPS) is 18.1. The lowest BCUT2D eigenvalue weighted by molar-refractivity contribution is -0.190. The standard InChI is InChI=1S/C21H17F5N4O2/c22-12-3-4-18(14(23)7-12)32-13-6-11-9-28-16(8-15(11)29-10-13)19(21(24,25)26)30-5-1-2-17(30)20(27)31/h3-4,6-10,17,19H,1-2,5H2,(H2,27,31)/t17-,19?/m0/s1. The van der Waals surface area contributed by atoms with E-state index < -0.39 is 35.8 Å². The van der Waals surface area contributed by atoms with Gasteiger partial charge >= 0.3 is 6.18 Å². The first-order valence-electron chi connectivity index (χ1n) is 9.64. The number of nitrogens with two attached hydrogens (primary N) is 1. The monoisotopic (exact) mass is 452 g/mol. The molecule has 0 saturated carbocycles. The number of halogens is 5. The van der Waals surface area contributed by atoms with Crippen molar-refractivity contribution in [3.8, 4) is 11.5 Å². The van der Waals surface area contributed by atoms with E-state index in [1.54, 1.807) is 0 Å². The van der Waals surface area contributed by atoms with E-state index in [1.807, 2.05) is 0 Å². The van der Waals surface area contributed by atoms with Crippen molar-refractivity contribution < 1.29 is 31.5 Å². The molecule has 32 heavy (non-hydrogen) atoms. The Balaban J connectivity index is 1.66. The van der Waals surface area contributed by atoms with Gasteiger partial charge in [0, 0.05) is 24.2 Å². The molecule has 1 aliphatic heterocycles. The highest BCUT2D eigenvalue weighted by atomic mass is 19.4. The summed E-state index contributed by atoms with van der Waals surface area (Å²) in [4.78, 5) is 20.7. The number of aromatic nitrogens is 2. The number of pyridine rings is 2. The summed E-state index contributed by atoms with van der Waals surface area (Å²) >= 11 is 0. The van der Waals surface area contributed by atoms with Crippen molar-refractivity contribution in [1.82, 2.24) is 14.9 Å². The molecule has 1 amide bonds. The third-order valence-corrected chi connectivity index (χ3v) is 5.23. The van der Waals surface area contributed by atoms with Crippen LogP contribution in [0.5, 0.6) is 11.5 Å². The van der Waals surface area contributed by atoms with Crippen LogP contribution in [0.2, 0.25) is 0 Å². The average Bonchev–Trinajstić information content (AvgIpc) is 3.18. The summed E-state index contributed by atoms with van der Waals surface area (Å²) in [5.41, 5.74) is 5.18. The summed E-state index contributed by atoms with van der Waals surface area (Å²) in [6.07, 6.45) is -1.64. The number of hydrogen-bond acceptors (Lipinski definition) is 5. The molecule has 0 radical (unpaired) electrons. The van der Waals surface area contributed by atoms with Crippen LogP contribution < -0.4 is 10.5 Å². The number of hydrogen-bond donors (Lipinski definition) is 1. The number of carbonyl (C=O) groups excluding carboxylic acids is 1. The first kappa shape index (κ1) is 21.9. The number of alkyl halides is 3. The number of primary amides is 1. The highest BCUT2D eigenvalue weighted by Crippen LogP contribution is 2.41. The zero-order valence-corrected chi connectivity index (χ0v) is 16.4. The molecule has 0 bridgehead atoms. The second-order valence-electron chi connectivity index (χ2n) is 7.39. The lowest BCUT2D eigenvalue weighted by atomic mass is 10.1. The molecule has 4 rings (SSSR count). The first-order chi connectivity index (χ1) is 15.1. The molecule has 1 saturated heterocycles. The van der Waals surface area contributed by atoms with E-state index in [2.05, 4.69) is 9.97 Å². The predicted molar refractivity (Wildman–Crippen MR) is 104 cm³/mol. The van der Waals surface area contributed by atoms with E-state index in [0.29, 0.717) is 17.9 Å². The van der Waals surface area contributed by atoms with E-state index >= 15 is 0 Å². The van der Waals surface area contributed by atoms with Crippen molar-refractivity contribution in [3.63, 3.8) is 0 Å². The molecule has 6 nitrogen and oxygen atoms in total. The van der Waals surface area contributed by atoms with Gasteiger partial charge in [-0.05, 0) is 37.1 Å². The van der Waals surface area contributed by atoms with Gasteiger partial charge in [0.25, 0.3) is 0 Å². The highest BCUT2D eigenvalue weighted by molar-refractivity contribution is 5.81. The van der Waals surface area contributed by atoms with Gasteiger partial charge in [-0.2, -0.15) is 13.2 Å². The summed E-state index contributed by atoms with van der Waals surface area (Å²) < 4.78 is 74.0. The minimum absolute atomic E-state index is 0.0565. The molecule has 168 valence electrons. The Labute approximate surface area is 178 Å². The van der Waals surface area contributed by atoms with Crippen molar-refractivity contribution in [2.75, 3.05) is 6.54 Å². The van der Waals surface area contributed by atoms with E-state index in [0.717, 1.165) is 17.0 Å². The second-order valence-corrected chi connectivity index (χ2v) is 7.39. The molecule has 0 spiro atoms. The summed E-state index contributed by atoms with van der Waals surface area (Å²) in [5, 5.41) is 0.350. The van der Waals surface area contributed by atoms with Crippen molar-refractivity contribution in [2.45, 2.75) is 31.1 Å². The molecule has 1 aromatic carbocycles. The number of nitrogens with zero attached hydrogens (tertiary/aromatic N) is 3. The maximum absolute atomic E-state index is 13.9. The number of carbonyl (C=O) groups is 1. The minimum atomic E-state index is -4.69. The largest absolute Gasteiger partial charge is 0.453 e. The maximum atomic E-state index is 13.9. The van der Waals surface area contributed by atoms with Crippen molar-refractivity contribution in [1.29, 1.82) is 0 Å². The second kappa shape index (κ2) is 8.30. The Morgan fingerprint density at radius 1 is 1.16 bits per heavy atom. The number of fused-ring (bicyclic) bond motifs is 1. The zero-order valence-electron chi connectivity index (χ0n) is 16.4. The number of benzene rings is 1. The Morgan fingerprint density at radius 3 is 2.62 bits per heavy atom. The molecule has 0 aliphatic carbocycles. The van der Waals surface area contributed by atoms with Crippen molar-refractivity contribution in [2.24, 2.45) is 5.73 Å². The van der Waals surface area contributed by atoms with Crippen LogP contribution in [0.15, 0.2) is 42.7 Å². The molecular formula is C21H17F5N4O2. The third kappa shape index (κ3) is 4.33. The van der Waals surface area contributed by atoms with Gasteiger partial charge < -0.3 is 10.5 Å². The number of ether oxygens (including phenoxy) is 1. The summed E-state index contributed by atoms with van der Waals surface area (Å²) in [6.45, 7) is 0.0565. The average molecular weight is 452 g/mol. The molecule has 1 fully saturated rings. The van der Waals surface area contributed by atoms with Gasteiger partial charge in [0.15, 0.2) is 11.6 Å². The van der Waals surface area contributed by atoms with Crippen LogP contribution in [-0.4, -0.2) is 39.5 Å². The SMILES string of the molecule is NC(=O)[C@@H]1CCCN1C(c1cc2ncc(Oc3ccc(F)cc3F)cc2cn1)C(F)(F)F. The predicted octanol–water partition coefficient (Wildman–Crippen LogP) is 4.25. The molecule has 1 unspecified atom stereocenters. The lowest BCUT2D eigenvalue weighted by Gasteiger charge is -2.32. The number of rotatable bonds is 5. The summed E-state index contributed by atoms with van der Waals surface area (Å²) in [5.74, 6) is -2.63. The van der Waals surface area contributed by atoms with Gasteiger partial charge in [0.05, 0.1) is 23.4 Å². The molecule has 3 aromatic rings. The molecule has 2 atom stereocenters. The molecule has 11 heteroatoms. The fourth-order valence-corrected chi connectivity index (χ4v) is 3.84. The maximum Gasteiger partial charge on any atom is 0.409 e. The summed E-state index contributed by atoms with van der Waals surface area (Å²) in [6, 6.07) is 2.25.